The van der Waals surface area contributed by atoms with E-state index in [-0.39, 0.29) is 11.3 Å². The van der Waals surface area contributed by atoms with Gasteiger partial charge < -0.3 is 14.6 Å². The average Bonchev–Trinajstić information content (AvgIpc) is 2.51. The maximum atomic E-state index is 11.9. The van der Waals surface area contributed by atoms with E-state index in [1.807, 2.05) is 37.3 Å². The van der Waals surface area contributed by atoms with Crippen LogP contribution in [0, 0.1) is 6.92 Å². The van der Waals surface area contributed by atoms with Gasteiger partial charge in [0.2, 0.25) is 0 Å². The van der Waals surface area contributed by atoms with Crippen LogP contribution in [-0.2, 0) is 4.74 Å². The Labute approximate surface area is 129 Å². The number of benzene rings is 2. The molecule has 4 heteroatoms. The number of phenols is 1. The minimum Gasteiger partial charge on any atom is -0.507 e. The summed E-state index contributed by atoms with van der Waals surface area (Å²) in [7, 11) is 2.78. The fourth-order valence-corrected chi connectivity index (χ4v) is 2.16. The van der Waals surface area contributed by atoms with Crippen LogP contribution < -0.4 is 4.74 Å². The molecule has 2 aromatic rings. The van der Waals surface area contributed by atoms with Gasteiger partial charge in [-0.1, -0.05) is 42.0 Å². The third kappa shape index (κ3) is 3.47. The van der Waals surface area contributed by atoms with E-state index in [0.29, 0.717) is 11.3 Å². The maximum Gasteiger partial charge on any atom is 0.342 e. The Morgan fingerprint density at radius 1 is 1.14 bits per heavy atom. The third-order valence-electron chi connectivity index (χ3n) is 3.24. The van der Waals surface area contributed by atoms with Gasteiger partial charge in [0.15, 0.2) is 0 Å². The maximum absolute atomic E-state index is 11.9. The van der Waals surface area contributed by atoms with Crippen LogP contribution in [0.2, 0.25) is 0 Å². The van der Waals surface area contributed by atoms with Crippen molar-refractivity contribution in [3.63, 3.8) is 0 Å². The highest BCUT2D eigenvalue weighted by atomic mass is 16.5. The zero-order valence-corrected chi connectivity index (χ0v) is 12.8. The molecule has 0 aliphatic rings. The zero-order valence-electron chi connectivity index (χ0n) is 12.8. The van der Waals surface area contributed by atoms with Crippen LogP contribution in [0.4, 0.5) is 0 Å². The number of carbonyl (C=O) groups excluding carboxylic acids is 1. The first kappa shape index (κ1) is 15.6. The van der Waals surface area contributed by atoms with Crippen molar-refractivity contribution in [1.82, 2.24) is 0 Å². The number of phenolic OH excluding ortho intramolecular Hbond substituents is 1. The molecule has 2 rings (SSSR count). The summed E-state index contributed by atoms with van der Waals surface area (Å²) in [4.78, 5) is 11.9. The lowest BCUT2D eigenvalue weighted by Gasteiger charge is -2.09. The van der Waals surface area contributed by atoms with E-state index < -0.39 is 5.97 Å². The first-order chi connectivity index (χ1) is 10.5. The molecule has 0 bridgehead atoms. The Bertz CT molecular complexity index is 717. The molecule has 22 heavy (non-hydrogen) atoms. The number of aryl methyl sites for hydroxylation is 1. The number of methoxy groups -OCH3 is 2. The second-order valence-electron chi connectivity index (χ2n) is 4.85. The van der Waals surface area contributed by atoms with Gasteiger partial charge in [-0.15, -0.1) is 0 Å². The molecule has 0 radical (unpaired) electrons. The molecule has 0 unspecified atom stereocenters. The minimum absolute atomic E-state index is 0.118. The zero-order chi connectivity index (χ0) is 16.1. The summed E-state index contributed by atoms with van der Waals surface area (Å²) in [6, 6.07) is 11.0. The van der Waals surface area contributed by atoms with Gasteiger partial charge in [0, 0.05) is 6.07 Å². The van der Waals surface area contributed by atoms with Crippen molar-refractivity contribution >= 4 is 18.1 Å². The van der Waals surface area contributed by atoms with Crippen LogP contribution in [-0.4, -0.2) is 25.3 Å². The SMILES string of the molecule is COC(=O)c1c(O)cc(OC)cc1C=Cc1cccc(C)c1. The van der Waals surface area contributed by atoms with E-state index in [1.165, 1.54) is 20.3 Å². The quantitative estimate of drug-likeness (QED) is 0.691. The van der Waals surface area contributed by atoms with Crippen molar-refractivity contribution in [2.45, 2.75) is 6.92 Å². The fourth-order valence-electron chi connectivity index (χ4n) is 2.16. The molecule has 0 atom stereocenters. The van der Waals surface area contributed by atoms with Gasteiger partial charge in [-0.25, -0.2) is 4.79 Å². The second-order valence-corrected chi connectivity index (χ2v) is 4.85. The Hall–Kier alpha value is -2.75. The fraction of sp³-hybridized carbons (Fsp3) is 0.167. The molecular formula is C18H18O4. The van der Waals surface area contributed by atoms with Crippen molar-refractivity contribution in [1.29, 1.82) is 0 Å². The molecule has 4 nitrogen and oxygen atoms in total. The van der Waals surface area contributed by atoms with Crippen LogP contribution in [0.25, 0.3) is 12.2 Å². The number of aromatic hydroxyl groups is 1. The minimum atomic E-state index is -0.593. The van der Waals surface area contributed by atoms with Gasteiger partial charge in [-0.05, 0) is 24.1 Å². The van der Waals surface area contributed by atoms with Crippen molar-refractivity contribution in [2.75, 3.05) is 14.2 Å². The average molecular weight is 298 g/mol. The number of hydrogen-bond donors (Lipinski definition) is 1. The topological polar surface area (TPSA) is 55.8 Å². The molecule has 0 aromatic heterocycles. The summed E-state index contributed by atoms with van der Waals surface area (Å²) in [6.07, 6.45) is 3.62. The van der Waals surface area contributed by atoms with Gasteiger partial charge in [-0.3, -0.25) is 0 Å². The first-order valence-corrected chi connectivity index (χ1v) is 6.79. The normalized spacial score (nSPS) is 10.7. The highest BCUT2D eigenvalue weighted by Gasteiger charge is 2.17. The van der Waals surface area contributed by atoms with E-state index in [4.69, 9.17) is 9.47 Å². The molecule has 114 valence electrons. The molecule has 0 aliphatic heterocycles. The van der Waals surface area contributed by atoms with E-state index in [1.54, 1.807) is 12.1 Å². The Kier molecular flexibility index (Phi) is 4.84. The van der Waals surface area contributed by atoms with Gasteiger partial charge in [0.05, 0.1) is 14.2 Å². The number of hydrogen-bond acceptors (Lipinski definition) is 4. The van der Waals surface area contributed by atoms with Crippen molar-refractivity contribution in [2.24, 2.45) is 0 Å². The molecule has 0 aliphatic carbocycles. The highest BCUT2D eigenvalue weighted by molar-refractivity contribution is 5.98. The Morgan fingerprint density at radius 3 is 2.55 bits per heavy atom. The standard InChI is InChI=1S/C18H18O4/c1-12-5-4-6-13(9-12)7-8-14-10-15(21-2)11-16(19)17(14)18(20)22-3/h4-11,19H,1-3H3. The molecule has 2 aromatic carbocycles. The highest BCUT2D eigenvalue weighted by Crippen LogP contribution is 2.30. The number of rotatable bonds is 4. The smallest absolute Gasteiger partial charge is 0.342 e. The number of esters is 1. The molecule has 0 spiro atoms. The summed E-state index contributed by atoms with van der Waals surface area (Å²) in [5.41, 5.74) is 2.79. The van der Waals surface area contributed by atoms with Gasteiger partial charge in [0.1, 0.15) is 17.1 Å². The lowest BCUT2D eigenvalue weighted by atomic mass is 10.0. The summed E-state index contributed by atoms with van der Waals surface area (Å²) in [5.74, 6) is -0.298. The second kappa shape index (κ2) is 6.80. The van der Waals surface area contributed by atoms with Crippen molar-refractivity contribution in [3.05, 3.63) is 58.7 Å². The van der Waals surface area contributed by atoms with Gasteiger partial charge in [0.25, 0.3) is 0 Å². The summed E-state index contributed by atoms with van der Waals surface area (Å²) < 4.78 is 9.86. The van der Waals surface area contributed by atoms with Crippen molar-refractivity contribution < 1.29 is 19.4 Å². The van der Waals surface area contributed by atoms with Crippen molar-refractivity contribution in [3.8, 4) is 11.5 Å². The summed E-state index contributed by atoms with van der Waals surface area (Å²) >= 11 is 0. The monoisotopic (exact) mass is 298 g/mol. The lowest BCUT2D eigenvalue weighted by Crippen LogP contribution is -2.04. The van der Waals surface area contributed by atoms with E-state index >= 15 is 0 Å². The number of carbonyl (C=O) groups is 1. The summed E-state index contributed by atoms with van der Waals surface area (Å²) in [5, 5.41) is 10.0. The third-order valence-corrected chi connectivity index (χ3v) is 3.24. The first-order valence-electron chi connectivity index (χ1n) is 6.79. The molecular weight excluding hydrogens is 280 g/mol. The lowest BCUT2D eigenvalue weighted by molar-refractivity contribution is 0.0597. The predicted molar refractivity (Wildman–Crippen MR) is 86.1 cm³/mol. The van der Waals surface area contributed by atoms with E-state index in [2.05, 4.69) is 0 Å². The molecule has 0 saturated heterocycles. The van der Waals surface area contributed by atoms with Crippen LogP contribution in [0.1, 0.15) is 27.0 Å². The molecule has 0 fully saturated rings. The molecule has 0 saturated carbocycles. The Morgan fingerprint density at radius 2 is 1.91 bits per heavy atom. The molecule has 0 heterocycles. The van der Waals surface area contributed by atoms with Crippen LogP contribution >= 0.6 is 0 Å². The van der Waals surface area contributed by atoms with Crippen LogP contribution in [0.15, 0.2) is 36.4 Å². The molecule has 0 amide bonds. The summed E-state index contributed by atoms with van der Waals surface area (Å²) in [6.45, 7) is 2.01. The predicted octanol–water partition coefficient (Wildman–Crippen LogP) is 3.67. The number of ether oxygens (including phenoxy) is 2. The van der Waals surface area contributed by atoms with E-state index in [0.717, 1.165) is 11.1 Å². The Balaban J connectivity index is 2.48. The van der Waals surface area contributed by atoms with Crippen LogP contribution in [0.3, 0.4) is 0 Å². The van der Waals surface area contributed by atoms with Gasteiger partial charge >= 0.3 is 5.97 Å². The largest absolute Gasteiger partial charge is 0.507 e. The molecule has 1 N–H and O–H groups in total. The van der Waals surface area contributed by atoms with Crippen LogP contribution in [0.5, 0.6) is 11.5 Å². The van der Waals surface area contributed by atoms with E-state index in [9.17, 15) is 9.90 Å². The van der Waals surface area contributed by atoms with Gasteiger partial charge in [-0.2, -0.15) is 0 Å².